The van der Waals surface area contributed by atoms with E-state index in [2.05, 4.69) is 0 Å². The lowest BCUT2D eigenvalue weighted by molar-refractivity contribution is -0.163. The van der Waals surface area contributed by atoms with Gasteiger partial charge in [0.25, 0.3) is 0 Å². The van der Waals surface area contributed by atoms with Gasteiger partial charge in [0.05, 0.1) is 18.9 Å². The molecular formula is C23H36O6. The van der Waals surface area contributed by atoms with Gasteiger partial charge in [-0.2, -0.15) is 0 Å². The highest BCUT2D eigenvalue weighted by Crippen LogP contribution is 2.21. The second-order valence-electron chi connectivity index (χ2n) is 7.99. The standard InChI is InChI=1S/C23H36O6/c1-7-16-26-19(8-2)22(28-18-12-10-9-11-13-18)17(3)27-20(24)14-15-21(25)29-23(4,5)6/h9-13,17,19,22H,7-8,14-16H2,1-6H3/t17-,19-,22-/m0/s1. The maximum absolute atomic E-state index is 12.3. The van der Waals surface area contributed by atoms with Crippen molar-refractivity contribution in [2.75, 3.05) is 6.61 Å². The summed E-state index contributed by atoms with van der Waals surface area (Å²) in [6.07, 6.45) is 0.336. The van der Waals surface area contributed by atoms with E-state index in [1.807, 2.05) is 44.2 Å². The molecule has 29 heavy (non-hydrogen) atoms. The van der Waals surface area contributed by atoms with Crippen molar-refractivity contribution in [2.24, 2.45) is 0 Å². The molecule has 0 spiro atoms. The number of rotatable bonds is 12. The van der Waals surface area contributed by atoms with E-state index in [4.69, 9.17) is 18.9 Å². The summed E-state index contributed by atoms with van der Waals surface area (Å²) in [5, 5.41) is 0. The van der Waals surface area contributed by atoms with E-state index < -0.39 is 29.7 Å². The molecule has 0 amide bonds. The fraction of sp³-hybridized carbons (Fsp3) is 0.652. The van der Waals surface area contributed by atoms with Crippen molar-refractivity contribution in [3.63, 3.8) is 0 Å². The normalized spacial score (nSPS) is 14.6. The Balaban J connectivity index is 2.72. The van der Waals surface area contributed by atoms with Crippen molar-refractivity contribution in [3.8, 4) is 5.75 Å². The lowest BCUT2D eigenvalue weighted by Crippen LogP contribution is -2.44. The maximum atomic E-state index is 12.3. The SMILES string of the molecule is CCCO[C@@H](CC)[C@@H](Oc1ccccc1)[C@H](C)OC(=O)CCC(=O)OC(C)(C)C. The number of carbonyl (C=O) groups is 2. The zero-order valence-electron chi connectivity index (χ0n) is 18.6. The van der Waals surface area contributed by atoms with E-state index in [1.54, 1.807) is 27.7 Å². The lowest BCUT2D eigenvalue weighted by atomic mass is 10.1. The van der Waals surface area contributed by atoms with Crippen LogP contribution in [0.15, 0.2) is 30.3 Å². The second-order valence-corrected chi connectivity index (χ2v) is 7.99. The van der Waals surface area contributed by atoms with Crippen molar-refractivity contribution in [2.45, 2.75) is 91.1 Å². The van der Waals surface area contributed by atoms with Crippen LogP contribution in [-0.2, 0) is 23.8 Å². The molecule has 0 bridgehead atoms. The van der Waals surface area contributed by atoms with Crippen molar-refractivity contribution < 1.29 is 28.5 Å². The Kier molecular flexibility index (Phi) is 10.7. The summed E-state index contributed by atoms with van der Waals surface area (Å²) in [6.45, 7) is 11.8. The molecule has 164 valence electrons. The van der Waals surface area contributed by atoms with Crippen LogP contribution in [-0.4, -0.2) is 42.5 Å². The molecule has 0 N–H and O–H groups in total. The van der Waals surface area contributed by atoms with Gasteiger partial charge in [0.2, 0.25) is 0 Å². The number of carbonyl (C=O) groups excluding carboxylic acids is 2. The highest BCUT2D eigenvalue weighted by Gasteiger charge is 2.31. The van der Waals surface area contributed by atoms with Crippen LogP contribution in [0.25, 0.3) is 0 Å². The van der Waals surface area contributed by atoms with Crippen molar-refractivity contribution in [3.05, 3.63) is 30.3 Å². The van der Waals surface area contributed by atoms with Crippen molar-refractivity contribution in [1.82, 2.24) is 0 Å². The Morgan fingerprint density at radius 1 is 1.00 bits per heavy atom. The third-order valence-electron chi connectivity index (χ3n) is 4.05. The zero-order chi connectivity index (χ0) is 21.9. The third kappa shape index (κ3) is 10.3. The van der Waals surface area contributed by atoms with E-state index in [1.165, 1.54) is 0 Å². The summed E-state index contributed by atoms with van der Waals surface area (Å²) in [4.78, 5) is 24.1. The van der Waals surface area contributed by atoms with Gasteiger partial charge in [0.15, 0.2) is 6.10 Å². The molecule has 0 fully saturated rings. The quantitative estimate of drug-likeness (QED) is 0.467. The van der Waals surface area contributed by atoms with Gasteiger partial charge in [-0.1, -0.05) is 32.0 Å². The fourth-order valence-corrected chi connectivity index (χ4v) is 2.77. The Labute approximate surface area is 174 Å². The summed E-state index contributed by atoms with van der Waals surface area (Å²) in [6, 6.07) is 9.40. The van der Waals surface area contributed by atoms with E-state index in [0.29, 0.717) is 12.4 Å². The van der Waals surface area contributed by atoms with Crippen LogP contribution in [0.2, 0.25) is 0 Å². The fourth-order valence-electron chi connectivity index (χ4n) is 2.77. The number of para-hydroxylation sites is 1. The first-order chi connectivity index (χ1) is 13.7. The van der Waals surface area contributed by atoms with Crippen LogP contribution >= 0.6 is 0 Å². The van der Waals surface area contributed by atoms with Gasteiger partial charge < -0.3 is 18.9 Å². The summed E-state index contributed by atoms with van der Waals surface area (Å²) < 4.78 is 22.9. The largest absolute Gasteiger partial charge is 0.484 e. The minimum atomic E-state index is -0.576. The maximum Gasteiger partial charge on any atom is 0.306 e. The molecule has 0 radical (unpaired) electrons. The van der Waals surface area contributed by atoms with Crippen LogP contribution < -0.4 is 4.74 Å². The molecule has 0 saturated carbocycles. The molecular weight excluding hydrogens is 372 g/mol. The first-order valence-electron chi connectivity index (χ1n) is 10.4. The molecule has 0 saturated heterocycles. The summed E-state index contributed by atoms with van der Waals surface area (Å²) >= 11 is 0. The Morgan fingerprint density at radius 2 is 1.62 bits per heavy atom. The molecule has 6 heteroatoms. The van der Waals surface area contributed by atoms with E-state index in [0.717, 1.165) is 12.8 Å². The Morgan fingerprint density at radius 3 is 2.17 bits per heavy atom. The molecule has 3 atom stereocenters. The van der Waals surface area contributed by atoms with Crippen molar-refractivity contribution in [1.29, 1.82) is 0 Å². The van der Waals surface area contributed by atoms with Crippen LogP contribution in [0.4, 0.5) is 0 Å². The van der Waals surface area contributed by atoms with Crippen LogP contribution in [0.1, 0.15) is 67.2 Å². The molecule has 1 aromatic rings. The molecule has 6 nitrogen and oxygen atoms in total. The van der Waals surface area contributed by atoms with Gasteiger partial charge in [0, 0.05) is 6.61 Å². The summed E-state index contributed by atoms with van der Waals surface area (Å²) in [5.74, 6) is -0.194. The number of benzene rings is 1. The molecule has 0 unspecified atom stereocenters. The highest BCUT2D eigenvalue weighted by atomic mass is 16.6. The van der Waals surface area contributed by atoms with E-state index in [9.17, 15) is 9.59 Å². The van der Waals surface area contributed by atoms with Crippen LogP contribution in [0.5, 0.6) is 5.75 Å². The molecule has 0 aliphatic heterocycles. The van der Waals surface area contributed by atoms with E-state index in [-0.39, 0.29) is 18.9 Å². The molecule has 0 aliphatic carbocycles. The first-order valence-corrected chi connectivity index (χ1v) is 10.4. The van der Waals surface area contributed by atoms with Gasteiger partial charge in [-0.05, 0) is 52.7 Å². The van der Waals surface area contributed by atoms with Crippen molar-refractivity contribution >= 4 is 11.9 Å². The monoisotopic (exact) mass is 408 g/mol. The lowest BCUT2D eigenvalue weighted by Gasteiger charge is -2.31. The first kappa shape index (κ1) is 25.0. The van der Waals surface area contributed by atoms with Crippen LogP contribution in [0, 0.1) is 0 Å². The highest BCUT2D eigenvalue weighted by molar-refractivity contribution is 5.77. The zero-order valence-corrected chi connectivity index (χ0v) is 18.6. The topological polar surface area (TPSA) is 71.1 Å². The predicted octanol–water partition coefficient (Wildman–Crippen LogP) is 4.69. The van der Waals surface area contributed by atoms with Gasteiger partial charge in [-0.15, -0.1) is 0 Å². The number of hydrogen-bond acceptors (Lipinski definition) is 6. The van der Waals surface area contributed by atoms with E-state index >= 15 is 0 Å². The molecule has 0 heterocycles. The van der Waals surface area contributed by atoms with Gasteiger partial charge in [-0.25, -0.2) is 0 Å². The smallest absolute Gasteiger partial charge is 0.306 e. The van der Waals surface area contributed by atoms with Crippen LogP contribution in [0.3, 0.4) is 0 Å². The molecule has 0 aromatic heterocycles. The molecule has 1 rings (SSSR count). The van der Waals surface area contributed by atoms with Gasteiger partial charge >= 0.3 is 11.9 Å². The Bertz CT molecular complexity index is 608. The number of esters is 2. The second kappa shape index (κ2) is 12.5. The molecule has 1 aromatic carbocycles. The Hall–Kier alpha value is -2.08. The molecule has 0 aliphatic rings. The number of ether oxygens (including phenoxy) is 4. The minimum absolute atomic E-state index is 0.0173. The predicted molar refractivity (Wildman–Crippen MR) is 112 cm³/mol. The summed E-state index contributed by atoms with van der Waals surface area (Å²) in [7, 11) is 0. The summed E-state index contributed by atoms with van der Waals surface area (Å²) in [5.41, 5.74) is -0.576. The number of hydrogen-bond donors (Lipinski definition) is 0. The van der Waals surface area contributed by atoms with Gasteiger partial charge in [-0.3, -0.25) is 9.59 Å². The minimum Gasteiger partial charge on any atom is -0.484 e. The average Bonchev–Trinajstić information content (AvgIpc) is 2.65. The average molecular weight is 409 g/mol. The van der Waals surface area contributed by atoms with Gasteiger partial charge in [0.1, 0.15) is 17.5 Å². The third-order valence-corrected chi connectivity index (χ3v) is 4.05.